The van der Waals surface area contributed by atoms with Crippen molar-refractivity contribution in [2.75, 3.05) is 5.32 Å². The molecule has 4 rings (SSSR count). The molecule has 0 saturated carbocycles. The van der Waals surface area contributed by atoms with Crippen molar-refractivity contribution in [2.45, 2.75) is 13.0 Å². The predicted molar refractivity (Wildman–Crippen MR) is 104 cm³/mol. The minimum absolute atomic E-state index is 0.194. The van der Waals surface area contributed by atoms with Crippen LogP contribution in [0.5, 0.6) is 5.75 Å². The normalized spacial score (nSPS) is 12.0. The molecule has 4 nitrogen and oxygen atoms in total. The summed E-state index contributed by atoms with van der Waals surface area (Å²) in [4.78, 5) is 8.74. The summed E-state index contributed by atoms with van der Waals surface area (Å²) >= 11 is 0. The first-order valence-corrected chi connectivity index (χ1v) is 8.54. The number of benzene rings is 2. The number of rotatable bonds is 4. The van der Waals surface area contributed by atoms with Crippen LogP contribution >= 0.6 is 0 Å². The van der Waals surface area contributed by atoms with E-state index in [9.17, 15) is 5.11 Å². The first kappa shape index (κ1) is 16.1. The second-order valence-corrected chi connectivity index (χ2v) is 6.23. The number of hydrogen-bond acceptors (Lipinski definition) is 4. The van der Waals surface area contributed by atoms with E-state index in [1.807, 2.05) is 54.6 Å². The molecule has 0 aliphatic rings. The molecule has 1 atom stereocenters. The average molecular weight is 341 g/mol. The number of nitrogens with zero attached hydrogens (tertiary/aromatic N) is 2. The highest BCUT2D eigenvalue weighted by atomic mass is 16.3. The standard InChI is InChI=1S/C22H19N3O/c1-15-7-2-3-9-17(15)21(25-19-10-4-5-13-23-19)18-12-11-16-8-6-14-24-20(16)22(18)26/h2-14,21,26H,1H3,(H,23,25). The monoisotopic (exact) mass is 341 g/mol. The van der Waals surface area contributed by atoms with Gasteiger partial charge < -0.3 is 10.4 Å². The van der Waals surface area contributed by atoms with Gasteiger partial charge in [-0.15, -0.1) is 0 Å². The van der Waals surface area contributed by atoms with Crippen LogP contribution in [0.4, 0.5) is 5.82 Å². The summed E-state index contributed by atoms with van der Waals surface area (Å²) in [5.41, 5.74) is 3.60. The fourth-order valence-electron chi connectivity index (χ4n) is 3.21. The number of phenols is 1. The van der Waals surface area contributed by atoms with Gasteiger partial charge in [-0.3, -0.25) is 4.98 Å². The van der Waals surface area contributed by atoms with E-state index in [1.54, 1.807) is 12.4 Å². The number of phenolic OH excluding ortho intramolecular Hbond substituents is 1. The summed E-state index contributed by atoms with van der Waals surface area (Å²) < 4.78 is 0. The highest BCUT2D eigenvalue weighted by Gasteiger charge is 2.21. The molecule has 26 heavy (non-hydrogen) atoms. The Hall–Kier alpha value is -3.40. The van der Waals surface area contributed by atoms with Gasteiger partial charge in [-0.2, -0.15) is 0 Å². The number of hydrogen-bond donors (Lipinski definition) is 2. The number of aromatic nitrogens is 2. The largest absolute Gasteiger partial charge is 0.505 e. The lowest BCUT2D eigenvalue weighted by Gasteiger charge is -2.23. The van der Waals surface area contributed by atoms with Crippen LogP contribution in [0, 0.1) is 6.92 Å². The maximum Gasteiger partial charge on any atom is 0.147 e. The van der Waals surface area contributed by atoms with Crippen molar-refractivity contribution in [1.29, 1.82) is 0 Å². The molecule has 4 heteroatoms. The number of aromatic hydroxyl groups is 1. The summed E-state index contributed by atoms with van der Waals surface area (Å²) in [5.74, 6) is 0.945. The van der Waals surface area contributed by atoms with E-state index in [0.717, 1.165) is 27.9 Å². The topological polar surface area (TPSA) is 58.0 Å². The molecule has 0 saturated heterocycles. The highest BCUT2D eigenvalue weighted by Crippen LogP contribution is 2.37. The Kier molecular flexibility index (Phi) is 4.23. The van der Waals surface area contributed by atoms with Crippen molar-refractivity contribution < 1.29 is 5.11 Å². The number of pyridine rings is 2. The number of nitrogens with one attached hydrogen (secondary N) is 1. The van der Waals surface area contributed by atoms with Gasteiger partial charge in [0.25, 0.3) is 0 Å². The molecular weight excluding hydrogens is 322 g/mol. The first-order valence-electron chi connectivity index (χ1n) is 8.54. The quantitative estimate of drug-likeness (QED) is 0.557. The zero-order valence-electron chi connectivity index (χ0n) is 14.4. The zero-order chi connectivity index (χ0) is 17.9. The maximum absolute atomic E-state index is 10.9. The Balaban J connectivity index is 1.88. The van der Waals surface area contributed by atoms with Crippen LogP contribution in [0.3, 0.4) is 0 Å². The molecule has 128 valence electrons. The number of aryl methyl sites for hydroxylation is 1. The van der Waals surface area contributed by atoms with E-state index in [4.69, 9.17) is 0 Å². The van der Waals surface area contributed by atoms with Crippen LogP contribution in [-0.4, -0.2) is 15.1 Å². The Bertz CT molecular complexity index is 1050. The molecule has 1 unspecified atom stereocenters. The van der Waals surface area contributed by atoms with Crippen molar-refractivity contribution in [3.63, 3.8) is 0 Å². The second-order valence-electron chi connectivity index (χ2n) is 6.23. The summed E-state index contributed by atoms with van der Waals surface area (Å²) in [6, 6.07) is 21.4. The molecule has 0 amide bonds. The van der Waals surface area contributed by atoms with E-state index in [-0.39, 0.29) is 11.8 Å². The molecule has 2 aromatic carbocycles. The molecule has 2 heterocycles. The molecule has 0 radical (unpaired) electrons. The lowest BCUT2D eigenvalue weighted by molar-refractivity contribution is 0.471. The average Bonchev–Trinajstić information content (AvgIpc) is 2.68. The lowest BCUT2D eigenvalue weighted by Crippen LogP contribution is -2.14. The summed E-state index contributed by atoms with van der Waals surface area (Å²) in [6.45, 7) is 2.07. The Morgan fingerprint density at radius 1 is 0.808 bits per heavy atom. The summed E-state index contributed by atoms with van der Waals surface area (Å²) in [6.07, 6.45) is 3.44. The lowest BCUT2D eigenvalue weighted by atomic mass is 9.93. The van der Waals surface area contributed by atoms with Crippen molar-refractivity contribution >= 4 is 16.7 Å². The van der Waals surface area contributed by atoms with Gasteiger partial charge in [-0.25, -0.2) is 4.98 Å². The highest BCUT2D eigenvalue weighted by molar-refractivity contribution is 5.86. The fraction of sp³-hybridized carbons (Fsp3) is 0.0909. The third kappa shape index (κ3) is 2.97. The van der Waals surface area contributed by atoms with Gasteiger partial charge in [0.05, 0.1) is 6.04 Å². The molecule has 2 aromatic heterocycles. The van der Waals surface area contributed by atoms with Gasteiger partial charge in [0.15, 0.2) is 0 Å². The van der Waals surface area contributed by atoms with Crippen LogP contribution in [0.2, 0.25) is 0 Å². The SMILES string of the molecule is Cc1ccccc1C(Nc1ccccn1)c1ccc2cccnc2c1O. The van der Waals surface area contributed by atoms with Gasteiger partial charge in [-0.05, 0) is 36.2 Å². The molecule has 0 fully saturated rings. The summed E-state index contributed by atoms with van der Waals surface area (Å²) in [5, 5.41) is 15.3. The zero-order valence-corrected chi connectivity index (χ0v) is 14.4. The van der Waals surface area contributed by atoms with Crippen molar-refractivity contribution in [3.8, 4) is 5.75 Å². The molecule has 2 N–H and O–H groups in total. The van der Waals surface area contributed by atoms with E-state index >= 15 is 0 Å². The van der Waals surface area contributed by atoms with Crippen molar-refractivity contribution in [2.24, 2.45) is 0 Å². The van der Waals surface area contributed by atoms with Crippen molar-refractivity contribution in [1.82, 2.24) is 9.97 Å². The van der Waals surface area contributed by atoms with E-state index < -0.39 is 0 Å². The van der Waals surface area contributed by atoms with Crippen LogP contribution in [0.1, 0.15) is 22.7 Å². The predicted octanol–water partition coefficient (Wildman–Crippen LogP) is 4.85. The Labute approximate surface area is 152 Å². The molecule has 4 aromatic rings. The molecule has 0 spiro atoms. The molecule has 0 aliphatic heterocycles. The van der Waals surface area contributed by atoms with Gasteiger partial charge in [-0.1, -0.05) is 48.5 Å². The summed E-state index contributed by atoms with van der Waals surface area (Å²) in [7, 11) is 0. The van der Waals surface area contributed by atoms with Crippen LogP contribution in [0.25, 0.3) is 10.9 Å². The Morgan fingerprint density at radius 2 is 1.62 bits per heavy atom. The van der Waals surface area contributed by atoms with Crippen molar-refractivity contribution in [3.05, 3.63) is 95.8 Å². The van der Waals surface area contributed by atoms with Crippen LogP contribution < -0.4 is 5.32 Å². The fourth-order valence-corrected chi connectivity index (χ4v) is 3.21. The minimum atomic E-state index is -0.238. The van der Waals surface area contributed by atoms with E-state index in [0.29, 0.717) is 5.52 Å². The van der Waals surface area contributed by atoms with Gasteiger partial charge in [0, 0.05) is 23.3 Å². The van der Waals surface area contributed by atoms with Gasteiger partial charge >= 0.3 is 0 Å². The maximum atomic E-state index is 10.9. The number of anilines is 1. The smallest absolute Gasteiger partial charge is 0.147 e. The van der Waals surface area contributed by atoms with Crippen LogP contribution in [0.15, 0.2) is 79.1 Å². The Morgan fingerprint density at radius 3 is 2.42 bits per heavy atom. The third-order valence-corrected chi connectivity index (χ3v) is 4.55. The van der Waals surface area contributed by atoms with E-state index in [1.165, 1.54) is 0 Å². The number of fused-ring (bicyclic) bond motifs is 1. The van der Waals surface area contributed by atoms with E-state index in [2.05, 4.69) is 34.3 Å². The molecule has 0 bridgehead atoms. The molecular formula is C22H19N3O. The third-order valence-electron chi connectivity index (χ3n) is 4.55. The second kappa shape index (κ2) is 6.84. The minimum Gasteiger partial charge on any atom is -0.505 e. The van der Waals surface area contributed by atoms with Crippen LogP contribution in [-0.2, 0) is 0 Å². The molecule has 0 aliphatic carbocycles. The van der Waals surface area contributed by atoms with Gasteiger partial charge in [0.2, 0.25) is 0 Å². The first-order chi connectivity index (χ1) is 12.7. The van der Waals surface area contributed by atoms with Gasteiger partial charge in [0.1, 0.15) is 17.1 Å².